The van der Waals surface area contributed by atoms with E-state index in [0.29, 0.717) is 24.4 Å². The maximum atomic E-state index is 14.5. The molecule has 2 aromatic carbocycles. The summed E-state index contributed by atoms with van der Waals surface area (Å²) in [5.41, 5.74) is 4.88. The fraction of sp³-hybridized carbons (Fsp3) is 0.303. The number of nitrogens with one attached hydrogen (secondary N) is 2. The number of benzene rings is 2. The Morgan fingerprint density at radius 2 is 1.82 bits per heavy atom. The molecular weight excluding hydrogens is 575 g/mol. The van der Waals surface area contributed by atoms with E-state index in [1.807, 2.05) is 36.4 Å². The summed E-state index contributed by atoms with van der Waals surface area (Å²) in [6, 6.07) is 19.0. The van der Waals surface area contributed by atoms with Gasteiger partial charge in [-0.15, -0.1) is 5.10 Å². The van der Waals surface area contributed by atoms with Crippen LogP contribution in [0.25, 0.3) is 22.6 Å². The quantitative estimate of drug-likeness (QED) is 0.179. The van der Waals surface area contributed by atoms with Crippen LogP contribution < -0.4 is 5.32 Å². The van der Waals surface area contributed by atoms with E-state index in [9.17, 15) is 14.0 Å². The van der Waals surface area contributed by atoms with Crippen LogP contribution in [0.15, 0.2) is 72.9 Å². The Kier molecular flexibility index (Phi) is 10.0. The van der Waals surface area contributed by atoms with Crippen LogP contribution in [0, 0.1) is 5.82 Å². The van der Waals surface area contributed by atoms with Gasteiger partial charge in [0.05, 0.1) is 24.8 Å². The van der Waals surface area contributed by atoms with Crippen molar-refractivity contribution in [2.24, 2.45) is 0 Å². The monoisotopic (exact) mass is 610 g/mol. The number of aromatic nitrogens is 7. The molecule has 0 saturated carbocycles. The molecule has 0 aliphatic heterocycles. The number of halogens is 1. The van der Waals surface area contributed by atoms with Gasteiger partial charge in [0.15, 0.2) is 5.82 Å². The van der Waals surface area contributed by atoms with Crippen molar-refractivity contribution in [2.45, 2.75) is 65.1 Å². The number of hydrogen-bond acceptors (Lipinski definition) is 8. The second-order valence-corrected chi connectivity index (χ2v) is 11.0. The molecule has 11 nitrogen and oxygen atoms in total. The highest BCUT2D eigenvalue weighted by Gasteiger charge is 2.23. The van der Waals surface area contributed by atoms with E-state index in [4.69, 9.17) is 9.72 Å². The van der Waals surface area contributed by atoms with Crippen LogP contribution in [0.1, 0.15) is 60.9 Å². The molecule has 0 aliphatic carbocycles. The van der Waals surface area contributed by atoms with Crippen molar-refractivity contribution in [3.05, 3.63) is 101 Å². The van der Waals surface area contributed by atoms with Gasteiger partial charge >= 0.3 is 5.97 Å². The third-order valence-corrected chi connectivity index (χ3v) is 7.10. The molecule has 3 aromatic heterocycles. The molecule has 5 rings (SSSR count). The second-order valence-electron chi connectivity index (χ2n) is 11.0. The lowest BCUT2D eigenvalue weighted by Crippen LogP contribution is -2.39. The molecule has 0 saturated heterocycles. The van der Waals surface area contributed by atoms with Crippen LogP contribution in [-0.2, 0) is 28.9 Å². The fourth-order valence-electron chi connectivity index (χ4n) is 5.07. The number of carbonyl (C=O) groups is 2. The molecule has 1 atom stereocenters. The Bertz CT molecular complexity index is 1740. The summed E-state index contributed by atoms with van der Waals surface area (Å²) in [7, 11) is 0. The lowest BCUT2D eigenvalue weighted by Gasteiger charge is -2.19. The zero-order valence-electron chi connectivity index (χ0n) is 25.4. The smallest absolute Gasteiger partial charge is 0.308 e. The van der Waals surface area contributed by atoms with E-state index in [2.05, 4.69) is 38.0 Å². The number of nitrogens with zero attached hydrogens (tertiary/aromatic N) is 6. The highest BCUT2D eigenvalue weighted by molar-refractivity contribution is 5.93. The summed E-state index contributed by atoms with van der Waals surface area (Å²) in [5, 5.41) is 21.7. The van der Waals surface area contributed by atoms with Gasteiger partial charge in [0.25, 0.3) is 5.91 Å². The molecule has 0 fully saturated rings. The van der Waals surface area contributed by atoms with Gasteiger partial charge in [0.1, 0.15) is 11.5 Å². The number of hydrogen-bond donors (Lipinski definition) is 2. The SMILES string of the molecule is CCCc1cc(C(=O)N[C@@H](CC(=O)OC(C)C)Cc2ccccc2F)nn1Cc1ccc(-c2ccccc2-c2nnn[nH]2)nc1. The van der Waals surface area contributed by atoms with Gasteiger partial charge in [0.2, 0.25) is 0 Å². The molecule has 0 spiro atoms. The van der Waals surface area contributed by atoms with Crippen molar-refractivity contribution in [3.63, 3.8) is 0 Å². The summed E-state index contributed by atoms with van der Waals surface area (Å²) < 4.78 is 21.5. The third kappa shape index (κ3) is 8.02. The minimum atomic E-state index is -0.687. The van der Waals surface area contributed by atoms with Crippen LogP contribution >= 0.6 is 0 Å². The van der Waals surface area contributed by atoms with Crippen molar-refractivity contribution in [1.82, 2.24) is 40.7 Å². The van der Waals surface area contributed by atoms with E-state index in [-0.39, 0.29) is 24.6 Å². The predicted octanol–water partition coefficient (Wildman–Crippen LogP) is 4.95. The zero-order valence-corrected chi connectivity index (χ0v) is 25.4. The molecule has 0 bridgehead atoms. The predicted molar refractivity (Wildman–Crippen MR) is 165 cm³/mol. The summed E-state index contributed by atoms with van der Waals surface area (Å²) in [4.78, 5) is 30.6. The molecule has 5 aromatic rings. The molecular formula is C33H35FN8O3. The van der Waals surface area contributed by atoms with Gasteiger partial charge in [0, 0.05) is 29.1 Å². The molecule has 0 aliphatic rings. The fourth-order valence-corrected chi connectivity index (χ4v) is 5.07. The minimum absolute atomic E-state index is 0.102. The van der Waals surface area contributed by atoms with Crippen LogP contribution in [-0.4, -0.2) is 59.4 Å². The number of amides is 1. The van der Waals surface area contributed by atoms with E-state index in [0.717, 1.165) is 34.5 Å². The van der Waals surface area contributed by atoms with Crippen molar-refractivity contribution >= 4 is 11.9 Å². The second kappa shape index (κ2) is 14.5. The lowest BCUT2D eigenvalue weighted by atomic mass is 10.0. The van der Waals surface area contributed by atoms with Gasteiger partial charge in [-0.05, 0) is 66.4 Å². The van der Waals surface area contributed by atoms with E-state index in [1.54, 1.807) is 49.0 Å². The van der Waals surface area contributed by atoms with Crippen molar-refractivity contribution in [1.29, 1.82) is 0 Å². The normalized spacial score (nSPS) is 11.8. The molecule has 1 amide bonds. The van der Waals surface area contributed by atoms with Crippen LogP contribution in [0.5, 0.6) is 0 Å². The van der Waals surface area contributed by atoms with Gasteiger partial charge in [-0.25, -0.2) is 9.49 Å². The van der Waals surface area contributed by atoms with E-state index >= 15 is 0 Å². The van der Waals surface area contributed by atoms with Gasteiger partial charge < -0.3 is 10.1 Å². The Morgan fingerprint density at radius 3 is 2.51 bits per heavy atom. The number of esters is 1. The largest absolute Gasteiger partial charge is 0.463 e. The number of aryl methyl sites for hydroxylation is 1. The lowest BCUT2D eigenvalue weighted by molar-refractivity contribution is -0.147. The highest BCUT2D eigenvalue weighted by atomic mass is 19.1. The number of rotatable bonds is 13. The van der Waals surface area contributed by atoms with Gasteiger partial charge in [-0.2, -0.15) is 5.10 Å². The first-order chi connectivity index (χ1) is 21.8. The number of H-pyrrole nitrogens is 1. The zero-order chi connectivity index (χ0) is 31.8. The molecule has 3 heterocycles. The summed E-state index contributed by atoms with van der Waals surface area (Å²) in [5.74, 6) is -0.769. The van der Waals surface area contributed by atoms with E-state index in [1.165, 1.54) is 6.07 Å². The van der Waals surface area contributed by atoms with Gasteiger partial charge in [-0.1, -0.05) is 61.9 Å². The number of pyridine rings is 1. The Morgan fingerprint density at radius 1 is 1.04 bits per heavy atom. The molecule has 232 valence electrons. The van der Waals surface area contributed by atoms with Crippen LogP contribution in [0.4, 0.5) is 4.39 Å². The van der Waals surface area contributed by atoms with Gasteiger partial charge in [-0.3, -0.25) is 19.3 Å². The van der Waals surface area contributed by atoms with Crippen LogP contribution in [0.2, 0.25) is 0 Å². The minimum Gasteiger partial charge on any atom is -0.463 e. The first-order valence-electron chi connectivity index (χ1n) is 14.9. The molecule has 0 radical (unpaired) electrons. The van der Waals surface area contributed by atoms with Crippen molar-refractivity contribution < 1.29 is 18.7 Å². The molecule has 12 heteroatoms. The first kappa shape index (κ1) is 31.2. The summed E-state index contributed by atoms with van der Waals surface area (Å²) in [6.45, 7) is 5.97. The molecule has 45 heavy (non-hydrogen) atoms. The maximum absolute atomic E-state index is 14.5. The standard InChI is InChI=1S/C33H35FN8O3/c1-4-9-25-18-30(33(44)36-24(17-31(43)45-21(2)3)16-23-10-5-8-13-28(23)34)39-42(25)20-22-14-15-29(35-19-22)26-11-6-7-12-27(26)32-37-40-41-38-32/h5-8,10-15,18-19,21,24H,4,9,16-17,20H2,1-3H3,(H,36,44)(H,37,38,40,41)/t24-/m1/s1. The maximum Gasteiger partial charge on any atom is 0.308 e. The number of aromatic amines is 1. The number of tetrazole rings is 1. The highest BCUT2D eigenvalue weighted by Crippen LogP contribution is 2.28. The Labute approximate surface area is 260 Å². The average Bonchev–Trinajstić information content (AvgIpc) is 3.69. The van der Waals surface area contributed by atoms with Crippen LogP contribution in [0.3, 0.4) is 0 Å². The molecule has 2 N–H and O–H groups in total. The Balaban J connectivity index is 1.33. The summed E-state index contributed by atoms with van der Waals surface area (Å²) >= 11 is 0. The molecule has 0 unspecified atom stereocenters. The number of carbonyl (C=O) groups excluding carboxylic acids is 2. The van der Waals surface area contributed by atoms with E-state index < -0.39 is 23.7 Å². The average molecular weight is 611 g/mol. The van der Waals surface area contributed by atoms with Crippen molar-refractivity contribution in [2.75, 3.05) is 0 Å². The first-order valence-corrected chi connectivity index (χ1v) is 14.9. The third-order valence-electron chi connectivity index (χ3n) is 7.10. The summed E-state index contributed by atoms with van der Waals surface area (Å²) in [6.07, 6.45) is 3.07. The number of ether oxygens (including phenoxy) is 1. The Hall–Kier alpha value is -5.26. The topological polar surface area (TPSA) is 141 Å². The van der Waals surface area contributed by atoms with Crippen molar-refractivity contribution in [3.8, 4) is 22.6 Å².